The van der Waals surface area contributed by atoms with Gasteiger partial charge in [-0.25, -0.2) is 9.97 Å². The third-order valence-corrected chi connectivity index (χ3v) is 2.13. The van der Waals surface area contributed by atoms with Crippen molar-refractivity contribution in [1.82, 2.24) is 15.0 Å². The van der Waals surface area contributed by atoms with Crippen LogP contribution in [0.4, 0.5) is 0 Å². The summed E-state index contributed by atoms with van der Waals surface area (Å²) in [5.74, 6) is -0.911. The molecular formula is C8H6ClN3O2. The molecule has 0 saturated heterocycles. The van der Waals surface area contributed by atoms with Gasteiger partial charge in [-0.1, -0.05) is 11.6 Å². The molecule has 0 saturated carbocycles. The number of carboxylic acids is 1. The summed E-state index contributed by atoms with van der Waals surface area (Å²) in [6.07, 6.45) is 2.82. The molecule has 6 heteroatoms. The van der Waals surface area contributed by atoms with Gasteiger partial charge in [-0.15, -0.1) is 0 Å². The molecule has 0 fully saturated rings. The summed E-state index contributed by atoms with van der Waals surface area (Å²) in [6.45, 7) is 0. The van der Waals surface area contributed by atoms with E-state index < -0.39 is 5.97 Å². The van der Waals surface area contributed by atoms with Crippen LogP contribution in [0.2, 0.25) is 5.15 Å². The summed E-state index contributed by atoms with van der Waals surface area (Å²) in [4.78, 5) is 21.1. The number of hydrogen-bond donors (Lipinski definition) is 2. The third-order valence-electron chi connectivity index (χ3n) is 1.85. The summed E-state index contributed by atoms with van der Waals surface area (Å²) in [5, 5.41) is 9.49. The van der Waals surface area contributed by atoms with Crippen LogP contribution in [0.3, 0.4) is 0 Å². The highest BCUT2D eigenvalue weighted by molar-refractivity contribution is 6.34. The minimum atomic E-state index is -0.911. The van der Waals surface area contributed by atoms with Crippen molar-refractivity contribution in [3.05, 3.63) is 23.2 Å². The number of carboxylic acid groups (broad SMARTS) is 1. The second kappa shape index (κ2) is 3.26. The van der Waals surface area contributed by atoms with Crippen LogP contribution < -0.4 is 0 Å². The molecule has 2 rings (SSSR count). The van der Waals surface area contributed by atoms with Gasteiger partial charge in [0.25, 0.3) is 0 Å². The van der Waals surface area contributed by atoms with Crippen molar-refractivity contribution in [1.29, 1.82) is 0 Å². The number of aromatic amines is 1. The normalized spacial score (nSPS) is 10.6. The van der Waals surface area contributed by atoms with Crippen LogP contribution >= 0.6 is 11.6 Å². The first kappa shape index (κ1) is 8.96. The molecule has 0 radical (unpaired) electrons. The Balaban J connectivity index is 2.61. The molecule has 0 aliphatic heterocycles. The number of nitrogens with one attached hydrogen (secondary N) is 1. The Hall–Kier alpha value is -1.62. The van der Waals surface area contributed by atoms with E-state index in [0.717, 1.165) is 0 Å². The standard InChI is InChI=1S/C8H6ClN3O2/c9-7-6-4(1-5(13)14)2-10-8(6)12-3-11-7/h2-3H,1H2,(H,13,14)(H,10,11,12). The molecule has 0 atom stereocenters. The van der Waals surface area contributed by atoms with Crippen LogP contribution in [-0.4, -0.2) is 26.0 Å². The predicted octanol–water partition coefficient (Wildman–Crippen LogP) is 1.24. The van der Waals surface area contributed by atoms with Crippen LogP contribution in [0, 0.1) is 0 Å². The van der Waals surface area contributed by atoms with Crippen molar-refractivity contribution >= 4 is 28.6 Å². The monoisotopic (exact) mass is 211 g/mol. The molecule has 5 nitrogen and oxygen atoms in total. The van der Waals surface area contributed by atoms with E-state index in [2.05, 4.69) is 15.0 Å². The van der Waals surface area contributed by atoms with Gasteiger partial charge < -0.3 is 10.1 Å². The molecular weight excluding hydrogens is 206 g/mol. The Labute approximate surface area is 83.8 Å². The number of H-pyrrole nitrogens is 1. The molecule has 2 aromatic rings. The fourth-order valence-corrected chi connectivity index (χ4v) is 1.54. The number of rotatable bonds is 2. The van der Waals surface area contributed by atoms with Crippen LogP contribution in [0.15, 0.2) is 12.5 Å². The fourth-order valence-electron chi connectivity index (χ4n) is 1.29. The maximum Gasteiger partial charge on any atom is 0.307 e. The van der Waals surface area contributed by atoms with Gasteiger partial charge in [0.15, 0.2) is 0 Å². The van der Waals surface area contributed by atoms with Crippen molar-refractivity contribution < 1.29 is 9.90 Å². The summed E-state index contributed by atoms with van der Waals surface area (Å²) in [5.41, 5.74) is 1.15. The first-order valence-corrected chi connectivity index (χ1v) is 4.24. The van der Waals surface area contributed by atoms with E-state index >= 15 is 0 Å². The lowest BCUT2D eigenvalue weighted by atomic mass is 10.2. The largest absolute Gasteiger partial charge is 0.481 e. The second-order valence-corrected chi connectivity index (χ2v) is 3.13. The average Bonchev–Trinajstić information content (AvgIpc) is 2.49. The Morgan fingerprint density at radius 3 is 3.07 bits per heavy atom. The van der Waals surface area contributed by atoms with Crippen molar-refractivity contribution in [3.63, 3.8) is 0 Å². The molecule has 0 aliphatic rings. The van der Waals surface area contributed by atoms with E-state index in [9.17, 15) is 4.79 Å². The molecule has 0 amide bonds. The molecule has 0 bridgehead atoms. The zero-order valence-corrected chi connectivity index (χ0v) is 7.75. The van der Waals surface area contributed by atoms with Crippen LogP contribution in [0.1, 0.15) is 5.56 Å². The van der Waals surface area contributed by atoms with E-state index in [1.165, 1.54) is 6.33 Å². The van der Waals surface area contributed by atoms with Crippen molar-refractivity contribution in [2.24, 2.45) is 0 Å². The van der Waals surface area contributed by atoms with Crippen molar-refractivity contribution in [2.45, 2.75) is 6.42 Å². The highest BCUT2D eigenvalue weighted by Gasteiger charge is 2.11. The lowest BCUT2D eigenvalue weighted by Gasteiger charge is -1.95. The van der Waals surface area contributed by atoms with Gasteiger partial charge in [-0.2, -0.15) is 0 Å². The molecule has 0 unspecified atom stereocenters. The molecule has 2 aromatic heterocycles. The molecule has 0 aromatic carbocycles. The average molecular weight is 212 g/mol. The number of aromatic nitrogens is 3. The summed E-state index contributed by atoms with van der Waals surface area (Å²) in [6, 6.07) is 0. The Kier molecular flexibility index (Phi) is 2.09. The van der Waals surface area contributed by atoms with E-state index in [4.69, 9.17) is 16.7 Å². The van der Waals surface area contributed by atoms with Crippen LogP contribution in [0.5, 0.6) is 0 Å². The van der Waals surface area contributed by atoms with Gasteiger partial charge in [0.05, 0.1) is 11.8 Å². The lowest BCUT2D eigenvalue weighted by molar-refractivity contribution is -0.136. The highest BCUT2D eigenvalue weighted by atomic mass is 35.5. The summed E-state index contributed by atoms with van der Waals surface area (Å²) >= 11 is 5.82. The van der Waals surface area contributed by atoms with Gasteiger partial charge in [-0.3, -0.25) is 4.79 Å². The quantitative estimate of drug-likeness (QED) is 0.733. The Morgan fingerprint density at radius 1 is 1.57 bits per heavy atom. The highest BCUT2D eigenvalue weighted by Crippen LogP contribution is 2.23. The SMILES string of the molecule is O=C(O)Cc1c[nH]c2ncnc(Cl)c12. The molecule has 0 spiro atoms. The molecule has 0 aliphatic carbocycles. The lowest BCUT2D eigenvalue weighted by Crippen LogP contribution is -1.99. The van der Waals surface area contributed by atoms with E-state index in [0.29, 0.717) is 16.6 Å². The fraction of sp³-hybridized carbons (Fsp3) is 0.125. The molecule has 2 heterocycles. The number of halogens is 1. The number of hydrogen-bond acceptors (Lipinski definition) is 3. The zero-order valence-electron chi connectivity index (χ0n) is 6.99. The zero-order chi connectivity index (χ0) is 10.1. The molecule has 72 valence electrons. The molecule has 14 heavy (non-hydrogen) atoms. The third kappa shape index (κ3) is 1.42. The van der Waals surface area contributed by atoms with Gasteiger partial charge in [-0.05, 0) is 5.56 Å². The van der Waals surface area contributed by atoms with Crippen LogP contribution in [0.25, 0.3) is 11.0 Å². The van der Waals surface area contributed by atoms with Crippen LogP contribution in [-0.2, 0) is 11.2 Å². The van der Waals surface area contributed by atoms with Crippen molar-refractivity contribution in [2.75, 3.05) is 0 Å². The first-order chi connectivity index (χ1) is 6.68. The van der Waals surface area contributed by atoms with E-state index in [1.54, 1.807) is 6.20 Å². The predicted molar refractivity (Wildman–Crippen MR) is 50.2 cm³/mol. The Bertz CT molecular complexity index is 494. The van der Waals surface area contributed by atoms with Gasteiger partial charge in [0.1, 0.15) is 17.1 Å². The second-order valence-electron chi connectivity index (χ2n) is 2.77. The maximum absolute atomic E-state index is 10.5. The first-order valence-electron chi connectivity index (χ1n) is 3.86. The summed E-state index contributed by atoms with van der Waals surface area (Å²) < 4.78 is 0. The number of fused-ring (bicyclic) bond motifs is 1. The molecule has 2 N–H and O–H groups in total. The minimum Gasteiger partial charge on any atom is -0.481 e. The topological polar surface area (TPSA) is 78.9 Å². The number of nitrogens with zero attached hydrogens (tertiary/aromatic N) is 2. The van der Waals surface area contributed by atoms with Gasteiger partial charge in [0, 0.05) is 6.20 Å². The van der Waals surface area contributed by atoms with E-state index in [1.807, 2.05) is 0 Å². The number of aliphatic carboxylic acids is 1. The number of carbonyl (C=O) groups is 1. The smallest absolute Gasteiger partial charge is 0.307 e. The van der Waals surface area contributed by atoms with E-state index in [-0.39, 0.29) is 11.6 Å². The Morgan fingerprint density at radius 2 is 2.36 bits per heavy atom. The maximum atomic E-state index is 10.5. The van der Waals surface area contributed by atoms with Crippen molar-refractivity contribution in [3.8, 4) is 0 Å². The minimum absolute atomic E-state index is 0.0902. The summed E-state index contributed by atoms with van der Waals surface area (Å²) in [7, 11) is 0. The van der Waals surface area contributed by atoms with Gasteiger partial charge >= 0.3 is 5.97 Å². The van der Waals surface area contributed by atoms with Gasteiger partial charge in [0.2, 0.25) is 0 Å².